The Balaban J connectivity index is 1.79. The molecule has 1 atom stereocenters. The van der Waals surface area contributed by atoms with Crippen molar-refractivity contribution in [1.29, 1.82) is 0 Å². The molecule has 17 heavy (non-hydrogen) atoms. The van der Waals surface area contributed by atoms with E-state index in [0.29, 0.717) is 6.04 Å². The molecular weight excluding hydrogens is 214 g/mol. The van der Waals surface area contributed by atoms with E-state index >= 15 is 0 Å². The minimum Gasteiger partial charge on any atom is -0.341 e. The highest BCUT2D eigenvalue weighted by molar-refractivity contribution is 5.81. The maximum atomic E-state index is 11.9. The van der Waals surface area contributed by atoms with Crippen LogP contribution in [0.1, 0.15) is 39.0 Å². The summed E-state index contributed by atoms with van der Waals surface area (Å²) in [4.78, 5) is 16.5. The summed E-state index contributed by atoms with van der Waals surface area (Å²) in [6.07, 6.45) is 5.69. The first-order chi connectivity index (χ1) is 8.22. The summed E-state index contributed by atoms with van der Waals surface area (Å²) in [6.45, 7) is 6.28. The van der Waals surface area contributed by atoms with E-state index in [2.05, 4.69) is 4.90 Å². The lowest BCUT2D eigenvalue weighted by molar-refractivity contribution is -0.134. The van der Waals surface area contributed by atoms with Crippen LogP contribution in [0.2, 0.25) is 0 Å². The van der Waals surface area contributed by atoms with Crippen LogP contribution in [0.25, 0.3) is 0 Å². The van der Waals surface area contributed by atoms with E-state index in [1.165, 1.54) is 25.9 Å². The molecule has 2 rings (SSSR count). The fourth-order valence-corrected chi connectivity index (χ4v) is 2.97. The van der Waals surface area contributed by atoms with Gasteiger partial charge in [-0.2, -0.15) is 0 Å². The minimum absolute atomic E-state index is 0.146. The molecule has 1 amide bonds. The Morgan fingerprint density at radius 3 is 2.35 bits per heavy atom. The molecule has 0 aromatic rings. The molecule has 2 aliphatic rings. The zero-order valence-electron chi connectivity index (χ0n) is 10.9. The molecule has 4 nitrogen and oxygen atoms in total. The monoisotopic (exact) mass is 239 g/mol. The quantitative estimate of drug-likeness (QED) is 0.793. The molecular formula is C13H25N3O. The number of nitrogens with zero attached hydrogens (tertiary/aromatic N) is 2. The van der Waals surface area contributed by atoms with Crippen molar-refractivity contribution in [2.45, 2.75) is 51.1 Å². The predicted molar refractivity (Wildman–Crippen MR) is 68.7 cm³/mol. The normalized spacial score (nSPS) is 25.2. The molecule has 0 aliphatic carbocycles. The van der Waals surface area contributed by atoms with Gasteiger partial charge in [-0.05, 0) is 45.2 Å². The van der Waals surface area contributed by atoms with Gasteiger partial charge in [-0.25, -0.2) is 0 Å². The van der Waals surface area contributed by atoms with Crippen LogP contribution in [-0.4, -0.2) is 54.0 Å². The van der Waals surface area contributed by atoms with Gasteiger partial charge in [-0.15, -0.1) is 0 Å². The standard InChI is InChI=1S/C13H25N3O/c1-2-12(14)13(17)16-9-5-11(6-10-16)15-7-3-4-8-15/h11-12H,2-10,14H2,1H3. The number of likely N-dealkylation sites (tertiary alicyclic amines) is 2. The van der Waals surface area contributed by atoms with Crippen molar-refractivity contribution in [3.8, 4) is 0 Å². The van der Waals surface area contributed by atoms with Gasteiger partial charge in [0.15, 0.2) is 0 Å². The third-order valence-electron chi connectivity index (χ3n) is 4.19. The number of carbonyl (C=O) groups excluding carboxylic acids is 1. The van der Waals surface area contributed by atoms with Gasteiger partial charge < -0.3 is 15.5 Å². The number of nitrogens with two attached hydrogens (primary N) is 1. The summed E-state index contributed by atoms with van der Waals surface area (Å²) in [7, 11) is 0. The first kappa shape index (κ1) is 12.8. The van der Waals surface area contributed by atoms with Crippen LogP contribution >= 0.6 is 0 Å². The molecule has 2 saturated heterocycles. The third kappa shape index (κ3) is 2.99. The van der Waals surface area contributed by atoms with E-state index in [1.807, 2.05) is 11.8 Å². The van der Waals surface area contributed by atoms with Gasteiger partial charge in [0.1, 0.15) is 0 Å². The van der Waals surface area contributed by atoms with Crippen molar-refractivity contribution in [2.24, 2.45) is 5.73 Å². The zero-order chi connectivity index (χ0) is 12.3. The lowest BCUT2D eigenvalue weighted by Crippen LogP contribution is -2.50. The second-order valence-electron chi connectivity index (χ2n) is 5.31. The average molecular weight is 239 g/mol. The van der Waals surface area contributed by atoms with E-state index in [1.54, 1.807) is 0 Å². The highest BCUT2D eigenvalue weighted by Gasteiger charge is 2.29. The van der Waals surface area contributed by atoms with Crippen molar-refractivity contribution < 1.29 is 4.79 Å². The molecule has 98 valence electrons. The van der Waals surface area contributed by atoms with Crippen molar-refractivity contribution in [2.75, 3.05) is 26.2 Å². The Kier molecular flexibility index (Phi) is 4.40. The van der Waals surface area contributed by atoms with Crippen molar-refractivity contribution >= 4 is 5.91 Å². The van der Waals surface area contributed by atoms with Crippen LogP contribution in [0.15, 0.2) is 0 Å². The average Bonchev–Trinajstić information content (AvgIpc) is 2.91. The van der Waals surface area contributed by atoms with Crippen LogP contribution in [0.4, 0.5) is 0 Å². The third-order valence-corrected chi connectivity index (χ3v) is 4.19. The number of piperidine rings is 1. The molecule has 0 saturated carbocycles. The van der Waals surface area contributed by atoms with Crippen molar-refractivity contribution in [3.63, 3.8) is 0 Å². The second kappa shape index (κ2) is 5.83. The lowest BCUT2D eigenvalue weighted by Gasteiger charge is -2.37. The lowest BCUT2D eigenvalue weighted by atomic mass is 10.0. The summed E-state index contributed by atoms with van der Waals surface area (Å²) >= 11 is 0. The molecule has 2 aliphatic heterocycles. The number of amides is 1. The molecule has 0 radical (unpaired) electrons. The van der Waals surface area contributed by atoms with E-state index in [-0.39, 0.29) is 11.9 Å². The van der Waals surface area contributed by atoms with E-state index < -0.39 is 0 Å². The van der Waals surface area contributed by atoms with Gasteiger partial charge in [0.25, 0.3) is 0 Å². The van der Waals surface area contributed by atoms with Gasteiger partial charge in [0.05, 0.1) is 6.04 Å². The van der Waals surface area contributed by atoms with Gasteiger partial charge in [-0.1, -0.05) is 6.92 Å². The van der Waals surface area contributed by atoms with E-state index in [0.717, 1.165) is 32.4 Å². The molecule has 1 unspecified atom stereocenters. The number of rotatable bonds is 3. The number of hydrogen-bond donors (Lipinski definition) is 1. The molecule has 0 aromatic heterocycles. The van der Waals surface area contributed by atoms with Gasteiger partial charge in [-0.3, -0.25) is 4.79 Å². The number of hydrogen-bond acceptors (Lipinski definition) is 3. The molecule has 2 heterocycles. The minimum atomic E-state index is -0.293. The molecule has 0 spiro atoms. The maximum Gasteiger partial charge on any atom is 0.239 e. The van der Waals surface area contributed by atoms with Crippen LogP contribution in [0.3, 0.4) is 0 Å². The van der Waals surface area contributed by atoms with Crippen LogP contribution < -0.4 is 5.73 Å². The van der Waals surface area contributed by atoms with Crippen molar-refractivity contribution in [1.82, 2.24) is 9.80 Å². The van der Waals surface area contributed by atoms with E-state index in [9.17, 15) is 4.79 Å². The molecule has 2 N–H and O–H groups in total. The van der Waals surface area contributed by atoms with Crippen LogP contribution in [-0.2, 0) is 4.79 Å². The fraction of sp³-hybridized carbons (Fsp3) is 0.923. The maximum absolute atomic E-state index is 11.9. The largest absolute Gasteiger partial charge is 0.341 e. The van der Waals surface area contributed by atoms with Gasteiger partial charge in [0.2, 0.25) is 5.91 Å². The Morgan fingerprint density at radius 1 is 1.24 bits per heavy atom. The Labute approximate surface area is 104 Å². The van der Waals surface area contributed by atoms with Gasteiger partial charge in [0, 0.05) is 19.1 Å². The highest BCUT2D eigenvalue weighted by Crippen LogP contribution is 2.21. The Morgan fingerprint density at radius 2 is 1.82 bits per heavy atom. The highest BCUT2D eigenvalue weighted by atomic mass is 16.2. The zero-order valence-corrected chi connectivity index (χ0v) is 10.9. The second-order valence-corrected chi connectivity index (χ2v) is 5.31. The SMILES string of the molecule is CCC(N)C(=O)N1CCC(N2CCCC2)CC1. The molecule has 4 heteroatoms. The fourth-order valence-electron chi connectivity index (χ4n) is 2.97. The summed E-state index contributed by atoms with van der Waals surface area (Å²) in [6, 6.07) is 0.415. The summed E-state index contributed by atoms with van der Waals surface area (Å²) in [5.41, 5.74) is 5.80. The van der Waals surface area contributed by atoms with Crippen LogP contribution in [0, 0.1) is 0 Å². The summed E-state index contributed by atoms with van der Waals surface area (Å²) in [5.74, 6) is 0.146. The molecule has 2 fully saturated rings. The summed E-state index contributed by atoms with van der Waals surface area (Å²) < 4.78 is 0. The first-order valence-corrected chi connectivity index (χ1v) is 7.00. The smallest absolute Gasteiger partial charge is 0.239 e. The molecule has 0 bridgehead atoms. The van der Waals surface area contributed by atoms with Crippen molar-refractivity contribution in [3.05, 3.63) is 0 Å². The topological polar surface area (TPSA) is 49.6 Å². The Hall–Kier alpha value is -0.610. The Bertz CT molecular complexity index is 255. The van der Waals surface area contributed by atoms with E-state index in [4.69, 9.17) is 5.73 Å². The summed E-state index contributed by atoms with van der Waals surface area (Å²) in [5, 5.41) is 0. The number of carbonyl (C=O) groups is 1. The first-order valence-electron chi connectivity index (χ1n) is 7.00. The van der Waals surface area contributed by atoms with Gasteiger partial charge >= 0.3 is 0 Å². The molecule has 0 aromatic carbocycles. The van der Waals surface area contributed by atoms with Crippen LogP contribution in [0.5, 0.6) is 0 Å². The predicted octanol–water partition coefficient (Wildman–Crippen LogP) is 0.811.